The molecule has 4 aromatic rings. The quantitative estimate of drug-likeness (QED) is 0.253. The highest BCUT2D eigenvalue weighted by molar-refractivity contribution is 7.98. The number of imide groups is 1. The number of aromatic amines is 1. The van der Waals surface area contributed by atoms with Crippen molar-refractivity contribution in [3.8, 4) is 0 Å². The molecule has 190 valence electrons. The van der Waals surface area contributed by atoms with Crippen LogP contribution in [0.3, 0.4) is 0 Å². The van der Waals surface area contributed by atoms with Crippen LogP contribution in [0.5, 0.6) is 0 Å². The second-order valence-corrected chi connectivity index (χ2v) is 10.7. The van der Waals surface area contributed by atoms with Crippen LogP contribution in [0.15, 0.2) is 59.8 Å². The van der Waals surface area contributed by atoms with Crippen molar-refractivity contribution in [2.45, 2.75) is 36.8 Å². The molecule has 0 radical (unpaired) electrons. The molecule has 37 heavy (non-hydrogen) atoms. The van der Waals surface area contributed by atoms with Crippen molar-refractivity contribution in [3.63, 3.8) is 0 Å². The van der Waals surface area contributed by atoms with Gasteiger partial charge >= 0.3 is 0 Å². The van der Waals surface area contributed by atoms with E-state index in [4.69, 9.17) is 0 Å². The standard InChI is InChI=1S/C29H30N4O3S/c1-37-24-11-7-9-20-22(17-33(27(20)24)16-18(34)15-32-12-5-2-6-13-32)26-25(28(35)31-29(26)36)21-14-30-23-10-4-3-8-19(21)23/h3-4,7-11,14,17-18,30,34H,2,5-6,12-13,15-16H2,1H3,(H,31,35,36). The predicted molar refractivity (Wildman–Crippen MR) is 148 cm³/mol. The monoisotopic (exact) mass is 514 g/mol. The van der Waals surface area contributed by atoms with Crippen molar-refractivity contribution in [3.05, 3.63) is 66.0 Å². The molecule has 2 aromatic carbocycles. The molecule has 4 heterocycles. The van der Waals surface area contributed by atoms with Crippen LogP contribution in [0.4, 0.5) is 0 Å². The summed E-state index contributed by atoms with van der Waals surface area (Å²) < 4.78 is 2.06. The summed E-state index contributed by atoms with van der Waals surface area (Å²) in [5, 5.41) is 15.4. The highest BCUT2D eigenvalue weighted by Gasteiger charge is 2.35. The Bertz CT molecular complexity index is 1540. The van der Waals surface area contributed by atoms with Gasteiger partial charge in [0, 0.05) is 57.8 Å². The van der Waals surface area contributed by atoms with E-state index in [0.717, 1.165) is 39.8 Å². The second-order valence-electron chi connectivity index (χ2n) is 9.85. The Balaban J connectivity index is 1.48. The molecule has 1 saturated heterocycles. The van der Waals surface area contributed by atoms with E-state index in [2.05, 4.69) is 25.8 Å². The number of piperidine rings is 1. The van der Waals surface area contributed by atoms with Crippen LogP contribution in [0.1, 0.15) is 30.4 Å². The number of likely N-dealkylation sites (tertiary alicyclic amines) is 1. The molecule has 1 fully saturated rings. The van der Waals surface area contributed by atoms with Gasteiger partial charge in [-0.15, -0.1) is 11.8 Å². The number of nitrogens with one attached hydrogen (secondary N) is 2. The second kappa shape index (κ2) is 9.85. The SMILES string of the molecule is CSc1cccc2c(C3=C(c4c[nH]c5ccccc45)C(=O)NC3=O)cn(CC(O)CN3CCCCC3)c12. The molecule has 1 unspecified atom stereocenters. The summed E-state index contributed by atoms with van der Waals surface area (Å²) in [5.41, 5.74) is 4.05. The van der Waals surface area contributed by atoms with Crippen molar-refractivity contribution < 1.29 is 14.7 Å². The summed E-state index contributed by atoms with van der Waals surface area (Å²) in [6.45, 7) is 3.08. The minimum atomic E-state index is -0.544. The Hall–Kier alpha value is -3.33. The predicted octanol–water partition coefficient (Wildman–Crippen LogP) is 4.26. The molecule has 2 amide bonds. The number of carbonyl (C=O) groups excluding carboxylic acids is 2. The molecule has 2 aliphatic heterocycles. The number of amides is 2. The van der Waals surface area contributed by atoms with Crippen LogP contribution in [-0.2, 0) is 16.1 Å². The van der Waals surface area contributed by atoms with Crippen molar-refractivity contribution >= 4 is 56.5 Å². The lowest BCUT2D eigenvalue weighted by atomic mass is 9.95. The van der Waals surface area contributed by atoms with Crippen molar-refractivity contribution in [2.24, 2.45) is 0 Å². The number of nitrogens with zero attached hydrogens (tertiary/aromatic N) is 2. The molecule has 6 rings (SSSR count). The average Bonchev–Trinajstić information content (AvgIpc) is 3.57. The van der Waals surface area contributed by atoms with E-state index in [-0.39, 0.29) is 0 Å². The number of para-hydroxylation sites is 2. The molecule has 7 nitrogen and oxygen atoms in total. The number of H-pyrrole nitrogens is 1. The van der Waals surface area contributed by atoms with Gasteiger partial charge in [0.15, 0.2) is 0 Å². The van der Waals surface area contributed by atoms with E-state index in [1.807, 2.05) is 48.9 Å². The fourth-order valence-corrected chi connectivity index (χ4v) is 6.44. The molecule has 3 N–H and O–H groups in total. The highest BCUT2D eigenvalue weighted by Crippen LogP contribution is 2.40. The molecule has 0 aliphatic carbocycles. The van der Waals surface area contributed by atoms with Crippen LogP contribution in [0.2, 0.25) is 0 Å². The van der Waals surface area contributed by atoms with Crippen LogP contribution in [0, 0.1) is 0 Å². The lowest BCUT2D eigenvalue weighted by Gasteiger charge is -2.28. The smallest absolute Gasteiger partial charge is 0.259 e. The number of aliphatic hydroxyl groups excluding tert-OH is 1. The van der Waals surface area contributed by atoms with Gasteiger partial charge in [-0.2, -0.15) is 0 Å². The van der Waals surface area contributed by atoms with Gasteiger partial charge in [-0.05, 0) is 44.3 Å². The maximum absolute atomic E-state index is 13.2. The maximum Gasteiger partial charge on any atom is 0.259 e. The van der Waals surface area contributed by atoms with Gasteiger partial charge in [0.2, 0.25) is 0 Å². The van der Waals surface area contributed by atoms with Gasteiger partial charge in [-0.3, -0.25) is 14.9 Å². The third-order valence-corrected chi connectivity index (χ3v) is 8.23. The van der Waals surface area contributed by atoms with E-state index >= 15 is 0 Å². The normalized spacial score (nSPS) is 17.8. The van der Waals surface area contributed by atoms with Crippen LogP contribution >= 0.6 is 11.8 Å². The first-order chi connectivity index (χ1) is 18.0. The zero-order valence-electron chi connectivity index (χ0n) is 20.8. The molecule has 2 aromatic heterocycles. The minimum absolute atomic E-state index is 0.377. The van der Waals surface area contributed by atoms with E-state index in [9.17, 15) is 14.7 Å². The van der Waals surface area contributed by atoms with Crippen molar-refractivity contribution in [1.29, 1.82) is 0 Å². The molecule has 1 atom stereocenters. The largest absolute Gasteiger partial charge is 0.390 e. The zero-order chi connectivity index (χ0) is 25.5. The summed E-state index contributed by atoms with van der Waals surface area (Å²) in [5.74, 6) is -0.787. The van der Waals surface area contributed by atoms with Crippen LogP contribution in [-0.4, -0.2) is 63.4 Å². The number of aromatic nitrogens is 2. The molecule has 0 bridgehead atoms. The Morgan fingerprint density at radius 2 is 1.65 bits per heavy atom. The van der Waals surface area contributed by atoms with Gasteiger partial charge < -0.3 is 19.6 Å². The number of fused-ring (bicyclic) bond motifs is 2. The van der Waals surface area contributed by atoms with Crippen molar-refractivity contribution in [2.75, 3.05) is 25.9 Å². The number of β-amino-alcohol motifs (C(OH)–C–C–N with tert-alkyl or cyclic N) is 1. The Kier molecular flexibility index (Phi) is 6.40. The van der Waals surface area contributed by atoms with Crippen molar-refractivity contribution in [1.82, 2.24) is 19.8 Å². The summed E-state index contributed by atoms with van der Waals surface area (Å²) in [4.78, 5) is 33.0. The van der Waals surface area contributed by atoms with Crippen LogP contribution < -0.4 is 5.32 Å². The lowest BCUT2D eigenvalue weighted by Crippen LogP contribution is -2.37. The van der Waals surface area contributed by atoms with Gasteiger partial charge in [0.25, 0.3) is 11.8 Å². The first-order valence-electron chi connectivity index (χ1n) is 12.8. The minimum Gasteiger partial charge on any atom is -0.390 e. The molecule has 8 heteroatoms. The summed E-state index contributed by atoms with van der Waals surface area (Å²) >= 11 is 1.63. The third kappa shape index (κ3) is 4.29. The van der Waals surface area contributed by atoms with E-state index < -0.39 is 17.9 Å². The fraction of sp³-hybridized carbons (Fsp3) is 0.310. The topological polar surface area (TPSA) is 90.4 Å². The number of hydrogen-bond donors (Lipinski definition) is 3. The van der Waals surface area contributed by atoms with Gasteiger partial charge in [0.05, 0.1) is 22.8 Å². The van der Waals surface area contributed by atoms with E-state index in [0.29, 0.717) is 35.4 Å². The first kappa shape index (κ1) is 24.0. The third-order valence-electron chi connectivity index (χ3n) is 7.47. The highest BCUT2D eigenvalue weighted by atomic mass is 32.2. The average molecular weight is 515 g/mol. The molecule has 0 saturated carbocycles. The molecular weight excluding hydrogens is 484 g/mol. The van der Waals surface area contributed by atoms with Gasteiger partial charge in [0.1, 0.15) is 0 Å². The zero-order valence-corrected chi connectivity index (χ0v) is 21.6. The van der Waals surface area contributed by atoms with Gasteiger partial charge in [-0.25, -0.2) is 0 Å². The Labute approximate surface area is 219 Å². The van der Waals surface area contributed by atoms with E-state index in [1.54, 1.807) is 18.0 Å². The summed E-state index contributed by atoms with van der Waals surface area (Å²) in [7, 11) is 0. The lowest BCUT2D eigenvalue weighted by molar-refractivity contribution is -0.122. The maximum atomic E-state index is 13.2. The number of hydrogen-bond acceptors (Lipinski definition) is 5. The van der Waals surface area contributed by atoms with Crippen LogP contribution in [0.25, 0.3) is 33.0 Å². The Morgan fingerprint density at radius 1 is 0.919 bits per heavy atom. The Morgan fingerprint density at radius 3 is 2.43 bits per heavy atom. The fourth-order valence-electron chi connectivity index (χ4n) is 5.81. The number of thioether (sulfide) groups is 1. The summed E-state index contributed by atoms with van der Waals surface area (Å²) in [6, 6.07) is 13.8. The first-order valence-corrected chi connectivity index (χ1v) is 14.0. The number of benzene rings is 2. The van der Waals surface area contributed by atoms with E-state index in [1.165, 1.54) is 19.3 Å². The molecule has 2 aliphatic rings. The number of rotatable bonds is 7. The molecule has 0 spiro atoms. The number of carbonyl (C=O) groups is 2. The summed E-state index contributed by atoms with van der Waals surface area (Å²) in [6.07, 6.45) is 8.82. The van der Waals surface area contributed by atoms with Gasteiger partial charge in [-0.1, -0.05) is 36.8 Å². The molecular formula is C29H30N4O3S. The number of aliphatic hydroxyl groups is 1.